The Balaban J connectivity index is -0.000000543. The molecule has 0 aliphatic rings. The van der Waals surface area contributed by atoms with Gasteiger partial charge in [-0.15, -0.1) is 0 Å². The summed E-state index contributed by atoms with van der Waals surface area (Å²) < 4.78 is 15.7. The van der Waals surface area contributed by atoms with Crippen molar-refractivity contribution in [2.45, 2.75) is 147 Å². The number of carbonyl (C=O) groups excluding carboxylic acids is 3. The fraction of sp³-hybridized carbons (Fsp3) is 0.861. The standard InChI is InChI=1S/2C12H24O2.C12H22O2/c2*1-6-9(3)11(7-2)12(14-5)8-10(4)13;1-5-10(4)11(6-2)8-9-12(13)14-7-3/h2*9,11-12H,6-8H2,1-5H3;8-11H,5-7H2,1-4H3/b;;9-8+/t9-,11-,12+;9-,11-,12-;10-,11+/m000/s1. The molecule has 0 N–H and O–H groups in total. The third-order valence-electron chi connectivity index (χ3n) is 8.84. The van der Waals surface area contributed by atoms with Crippen LogP contribution in [0.5, 0.6) is 0 Å². The minimum absolute atomic E-state index is 0.104. The molecule has 0 amide bonds. The number of ether oxygens (including phenoxy) is 3. The molecule has 0 saturated heterocycles. The summed E-state index contributed by atoms with van der Waals surface area (Å²) in [4.78, 5) is 33.2. The second-order valence-electron chi connectivity index (χ2n) is 11.8. The maximum absolute atomic E-state index is 11.1. The molecule has 0 bridgehead atoms. The predicted octanol–water partition coefficient (Wildman–Crippen LogP) is 9.28. The van der Waals surface area contributed by atoms with E-state index < -0.39 is 0 Å². The van der Waals surface area contributed by atoms with E-state index in [2.05, 4.69) is 62.3 Å². The first kappa shape index (κ1) is 44.9. The fourth-order valence-corrected chi connectivity index (χ4v) is 5.48. The van der Waals surface area contributed by atoms with Crippen molar-refractivity contribution in [3.05, 3.63) is 12.2 Å². The number of ketones is 2. The maximum Gasteiger partial charge on any atom is 0.330 e. The van der Waals surface area contributed by atoms with E-state index in [-0.39, 0.29) is 29.7 Å². The number of esters is 1. The quantitative estimate of drug-likeness (QED) is 0.103. The lowest BCUT2D eigenvalue weighted by Crippen LogP contribution is -2.29. The number of rotatable bonds is 20. The van der Waals surface area contributed by atoms with E-state index in [1.54, 1.807) is 34.1 Å². The summed E-state index contributed by atoms with van der Waals surface area (Å²) >= 11 is 0. The molecule has 0 aromatic carbocycles. The highest BCUT2D eigenvalue weighted by Gasteiger charge is 2.26. The summed E-state index contributed by atoms with van der Waals surface area (Å²) in [6.45, 7) is 25.3. The van der Waals surface area contributed by atoms with Crippen LogP contribution in [0.4, 0.5) is 0 Å². The van der Waals surface area contributed by atoms with Crippen molar-refractivity contribution in [1.29, 1.82) is 0 Å². The molecule has 0 spiro atoms. The predicted molar refractivity (Wildman–Crippen MR) is 178 cm³/mol. The van der Waals surface area contributed by atoms with Crippen LogP contribution < -0.4 is 0 Å². The minimum atomic E-state index is -0.228. The number of Topliss-reactive ketones (excluding diaryl/α,β-unsaturated/α-hetero) is 2. The average molecular weight is 599 g/mol. The second-order valence-corrected chi connectivity index (χ2v) is 11.8. The van der Waals surface area contributed by atoms with Gasteiger partial charge in [-0.25, -0.2) is 4.79 Å². The van der Waals surface area contributed by atoms with Crippen LogP contribution in [0.25, 0.3) is 0 Å². The Hall–Kier alpha value is -1.53. The van der Waals surface area contributed by atoms with Crippen LogP contribution in [-0.2, 0) is 28.6 Å². The Bertz CT molecular complexity index is 665. The van der Waals surface area contributed by atoms with Gasteiger partial charge in [0, 0.05) is 33.1 Å². The van der Waals surface area contributed by atoms with E-state index in [0.717, 1.165) is 38.5 Å². The minimum Gasteiger partial charge on any atom is -0.463 e. The van der Waals surface area contributed by atoms with Crippen LogP contribution >= 0.6 is 0 Å². The van der Waals surface area contributed by atoms with Crippen molar-refractivity contribution in [3.63, 3.8) is 0 Å². The Morgan fingerprint density at radius 2 is 0.976 bits per heavy atom. The van der Waals surface area contributed by atoms with Crippen LogP contribution in [0.3, 0.4) is 0 Å². The number of carbonyl (C=O) groups is 3. The average Bonchev–Trinajstić information content (AvgIpc) is 2.96. The van der Waals surface area contributed by atoms with Crippen molar-refractivity contribution in [2.75, 3.05) is 20.8 Å². The molecule has 0 aromatic rings. The van der Waals surface area contributed by atoms with Gasteiger partial charge in [-0.05, 0) is 62.7 Å². The molecule has 8 atom stereocenters. The van der Waals surface area contributed by atoms with E-state index in [4.69, 9.17) is 14.2 Å². The van der Waals surface area contributed by atoms with Crippen molar-refractivity contribution in [3.8, 4) is 0 Å². The van der Waals surface area contributed by atoms with Crippen LogP contribution in [-0.4, -0.2) is 50.6 Å². The van der Waals surface area contributed by atoms with Gasteiger partial charge in [0.2, 0.25) is 0 Å². The molecule has 0 rings (SSSR count). The fourth-order valence-electron chi connectivity index (χ4n) is 5.48. The van der Waals surface area contributed by atoms with Crippen LogP contribution in [0, 0.1) is 35.5 Å². The largest absolute Gasteiger partial charge is 0.463 e. The monoisotopic (exact) mass is 599 g/mol. The third-order valence-corrected chi connectivity index (χ3v) is 8.84. The summed E-state index contributed by atoms with van der Waals surface area (Å²) in [6.07, 6.45) is 11.5. The Morgan fingerprint density at radius 3 is 1.21 bits per heavy atom. The van der Waals surface area contributed by atoms with Gasteiger partial charge < -0.3 is 14.2 Å². The Kier molecular flexibility index (Phi) is 30.2. The van der Waals surface area contributed by atoms with Crippen molar-refractivity contribution in [2.24, 2.45) is 35.5 Å². The Labute approximate surface area is 261 Å². The maximum atomic E-state index is 11.1. The first-order valence-electron chi connectivity index (χ1n) is 16.7. The third kappa shape index (κ3) is 21.2. The molecule has 250 valence electrons. The lowest BCUT2D eigenvalue weighted by molar-refractivity contribution is -0.137. The topological polar surface area (TPSA) is 78.9 Å². The normalized spacial score (nSPS) is 16.8. The molecule has 0 heterocycles. The molecule has 0 aromatic heterocycles. The van der Waals surface area contributed by atoms with E-state index in [1.807, 2.05) is 13.0 Å². The Morgan fingerprint density at radius 1 is 0.595 bits per heavy atom. The molecule has 0 fully saturated rings. The summed E-state index contributed by atoms with van der Waals surface area (Å²) in [5.74, 6) is 3.61. The molecule has 0 aliphatic carbocycles. The molecule has 0 aliphatic heterocycles. The molecule has 0 unspecified atom stereocenters. The van der Waals surface area contributed by atoms with Crippen LogP contribution in [0.1, 0.15) is 134 Å². The van der Waals surface area contributed by atoms with Gasteiger partial charge in [0.05, 0.1) is 18.8 Å². The van der Waals surface area contributed by atoms with Gasteiger partial charge in [0.25, 0.3) is 0 Å². The number of hydrogen-bond acceptors (Lipinski definition) is 6. The molecular weight excluding hydrogens is 528 g/mol. The van der Waals surface area contributed by atoms with E-state index in [0.29, 0.717) is 55.0 Å². The second kappa shape index (κ2) is 28.3. The van der Waals surface area contributed by atoms with Gasteiger partial charge in [-0.3, -0.25) is 9.59 Å². The van der Waals surface area contributed by atoms with Crippen molar-refractivity contribution < 1.29 is 28.6 Å². The molecule has 6 heteroatoms. The van der Waals surface area contributed by atoms with Gasteiger partial charge in [0.15, 0.2) is 0 Å². The zero-order valence-corrected chi connectivity index (χ0v) is 30.1. The van der Waals surface area contributed by atoms with Gasteiger partial charge in [-0.2, -0.15) is 0 Å². The number of allylic oxidation sites excluding steroid dienone is 1. The van der Waals surface area contributed by atoms with Gasteiger partial charge in [0.1, 0.15) is 11.6 Å². The first-order valence-corrected chi connectivity index (χ1v) is 16.7. The SMILES string of the molecule is CCOC(=O)/C=C/[C@@H](CC)[C@@H](C)CC.CC[C@@H]([C@@H](C)CC)[C@@H](CC(C)=O)OC.CC[C@H]([C@H](CC(C)=O)OC)[C@@H](C)CC. The summed E-state index contributed by atoms with van der Waals surface area (Å²) in [5.41, 5.74) is 0. The lowest BCUT2D eigenvalue weighted by Gasteiger charge is -2.29. The van der Waals surface area contributed by atoms with E-state index in [9.17, 15) is 14.4 Å². The first-order chi connectivity index (χ1) is 19.8. The lowest BCUT2D eigenvalue weighted by atomic mass is 9.83. The van der Waals surface area contributed by atoms with E-state index in [1.165, 1.54) is 0 Å². The summed E-state index contributed by atoms with van der Waals surface area (Å²) in [5, 5.41) is 0. The molecule has 6 nitrogen and oxygen atoms in total. The van der Waals surface area contributed by atoms with Crippen molar-refractivity contribution in [1.82, 2.24) is 0 Å². The summed E-state index contributed by atoms with van der Waals surface area (Å²) in [6, 6.07) is 0. The number of methoxy groups -OCH3 is 2. The van der Waals surface area contributed by atoms with Crippen molar-refractivity contribution >= 4 is 17.5 Å². The zero-order valence-electron chi connectivity index (χ0n) is 30.1. The highest BCUT2D eigenvalue weighted by molar-refractivity contribution is 5.81. The molecule has 0 radical (unpaired) electrons. The molecular formula is C36H70O6. The summed E-state index contributed by atoms with van der Waals surface area (Å²) in [7, 11) is 3.41. The van der Waals surface area contributed by atoms with Crippen LogP contribution in [0.2, 0.25) is 0 Å². The van der Waals surface area contributed by atoms with E-state index >= 15 is 0 Å². The zero-order chi connectivity index (χ0) is 33.3. The molecule has 42 heavy (non-hydrogen) atoms. The molecule has 0 saturated carbocycles. The highest BCUT2D eigenvalue weighted by Crippen LogP contribution is 2.27. The highest BCUT2D eigenvalue weighted by atomic mass is 16.5. The van der Waals surface area contributed by atoms with Gasteiger partial charge in [-0.1, -0.05) is 100 Å². The van der Waals surface area contributed by atoms with Gasteiger partial charge >= 0.3 is 5.97 Å². The van der Waals surface area contributed by atoms with Crippen LogP contribution in [0.15, 0.2) is 12.2 Å². The number of hydrogen-bond donors (Lipinski definition) is 0. The smallest absolute Gasteiger partial charge is 0.330 e.